The van der Waals surface area contributed by atoms with E-state index in [0.717, 1.165) is 23.3 Å². The molecular formula is C32H34F4N4O3. The largest absolute Gasteiger partial charge is 0.444 e. The highest BCUT2D eigenvalue weighted by Crippen LogP contribution is 2.37. The van der Waals surface area contributed by atoms with Crippen molar-refractivity contribution in [3.8, 4) is 22.3 Å². The number of aromatic nitrogens is 1. The van der Waals surface area contributed by atoms with Crippen molar-refractivity contribution in [1.29, 1.82) is 0 Å². The Hall–Kier alpha value is -4.38. The Morgan fingerprint density at radius 2 is 1.56 bits per heavy atom. The van der Waals surface area contributed by atoms with Gasteiger partial charge in [-0.05, 0) is 87.2 Å². The molecule has 4 aromatic rings. The minimum atomic E-state index is -4.51. The lowest BCUT2D eigenvalue weighted by molar-refractivity contribution is -0.137. The summed E-state index contributed by atoms with van der Waals surface area (Å²) in [5.41, 5.74) is 7.17. The van der Waals surface area contributed by atoms with Crippen molar-refractivity contribution in [2.75, 3.05) is 13.1 Å². The minimum Gasteiger partial charge on any atom is -0.444 e. The molecule has 0 fully saturated rings. The van der Waals surface area contributed by atoms with Gasteiger partial charge in [-0.15, -0.1) is 0 Å². The highest BCUT2D eigenvalue weighted by Gasteiger charge is 2.30. The number of benzene rings is 3. The Kier molecular flexibility index (Phi) is 9.44. The topological polar surface area (TPSA) is 109 Å². The van der Waals surface area contributed by atoms with Crippen molar-refractivity contribution >= 4 is 22.9 Å². The van der Waals surface area contributed by atoms with E-state index in [9.17, 15) is 27.2 Å². The number of nitrogens with one attached hydrogen (secondary N) is 3. The summed E-state index contributed by atoms with van der Waals surface area (Å²) in [6, 6.07) is 15.4. The monoisotopic (exact) mass is 598 g/mol. The van der Waals surface area contributed by atoms with Gasteiger partial charge < -0.3 is 26.1 Å². The Balaban J connectivity index is 1.68. The summed E-state index contributed by atoms with van der Waals surface area (Å²) in [5.74, 6) is -0.891. The molecule has 2 amide bonds. The fourth-order valence-electron chi connectivity index (χ4n) is 4.68. The smallest absolute Gasteiger partial charge is 0.416 e. The van der Waals surface area contributed by atoms with Crippen molar-refractivity contribution < 1.29 is 31.9 Å². The van der Waals surface area contributed by atoms with Gasteiger partial charge in [0.05, 0.1) is 5.56 Å². The van der Waals surface area contributed by atoms with E-state index in [0.29, 0.717) is 41.4 Å². The molecule has 4 rings (SSSR count). The molecule has 0 aliphatic heterocycles. The molecule has 1 heterocycles. The second-order valence-corrected chi connectivity index (χ2v) is 11.2. The van der Waals surface area contributed by atoms with Crippen LogP contribution in [0, 0.1) is 5.82 Å². The SMILES string of the molecule is CC(C)(C)OC(=O)N[C@@H](CCCN)CNC(=O)c1[nH]c2cc(-c3ccc(F)cc3)ccc2c1-c1ccc(C(F)(F)F)cc1. The Labute approximate surface area is 246 Å². The molecule has 0 unspecified atom stereocenters. The van der Waals surface area contributed by atoms with Crippen LogP contribution >= 0.6 is 0 Å². The fraction of sp³-hybridized carbons (Fsp3) is 0.312. The number of amides is 2. The molecule has 0 spiro atoms. The van der Waals surface area contributed by atoms with Crippen molar-refractivity contribution in [2.45, 2.75) is 51.4 Å². The highest BCUT2D eigenvalue weighted by atomic mass is 19.4. The van der Waals surface area contributed by atoms with Gasteiger partial charge in [-0.2, -0.15) is 13.2 Å². The lowest BCUT2D eigenvalue weighted by Crippen LogP contribution is -2.45. The van der Waals surface area contributed by atoms with Crippen LogP contribution in [-0.2, 0) is 10.9 Å². The summed E-state index contributed by atoms with van der Waals surface area (Å²) in [6.07, 6.45) is -4.07. The summed E-state index contributed by atoms with van der Waals surface area (Å²) in [4.78, 5) is 29.1. The molecule has 0 aliphatic rings. The number of H-pyrrole nitrogens is 1. The normalized spacial score (nSPS) is 12.7. The summed E-state index contributed by atoms with van der Waals surface area (Å²) in [5, 5.41) is 6.21. The molecule has 3 aromatic carbocycles. The lowest BCUT2D eigenvalue weighted by Gasteiger charge is -2.24. The third-order valence-electron chi connectivity index (χ3n) is 6.69. The molecule has 11 heteroatoms. The Morgan fingerprint density at radius 1 is 0.930 bits per heavy atom. The highest BCUT2D eigenvalue weighted by molar-refractivity contribution is 6.10. The first-order chi connectivity index (χ1) is 20.2. The lowest BCUT2D eigenvalue weighted by atomic mass is 9.98. The van der Waals surface area contributed by atoms with Gasteiger partial charge in [0.2, 0.25) is 0 Å². The third-order valence-corrected chi connectivity index (χ3v) is 6.69. The minimum absolute atomic E-state index is 0.0563. The van der Waals surface area contributed by atoms with E-state index in [4.69, 9.17) is 10.5 Å². The van der Waals surface area contributed by atoms with Crippen molar-refractivity contribution in [2.24, 2.45) is 5.73 Å². The standard InChI is InChI=1S/C32H34F4N4O3/c1-31(2,3)43-30(42)39-24(5-4-16-37)18-38-29(41)28-27(20-6-11-22(12-7-20)32(34,35)36)25-15-10-21(17-26(25)40-28)19-8-13-23(33)14-9-19/h6-15,17,24,40H,4-5,16,18,37H2,1-3H3,(H,38,41)(H,39,42)/t24-/m0/s1. The molecule has 0 aliphatic carbocycles. The first kappa shape index (κ1) is 31.6. The number of aromatic amines is 1. The van der Waals surface area contributed by atoms with Gasteiger partial charge in [0.1, 0.15) is 17.1 Å². The first-order valence-electron chi connectivity index (χ1n) is 13.8. The van der Waals surface area contributed by atoms with E-state index in [1.807, 2.05) is 0 Å². The van der Waals surface area contributed by atoms with Crippen LogP contribution in [0.15, 0.2) is 66.7 Å². The van der Waals surface area contributed by atoms with Gasteiger partial charge in [-0.25, -0.2) is 9.18 Å². The number of rotatable bonds is 9. The number of halogens is 4. The molecular weight excluding hydrogens is 564 g/mol. The zero-order valence-electron chi connectivity index (χ0n) is 24.1. The maximum absolute atomic E-state index is 13.6. The van der Waals surface area contributed by atoms with Crippen LogP contribution in [0.25, 0.3) is 33.2 Å². The number of fused-ring (bicyclic) bond motifs is 1. The number of hydrogen-bond acceptors (Lipinski definition) is 4. The summed E-state index contributed by atoms with van der Waals surface area (Å²) in [6.45, 7) is 5.66. The average Bonchev–Trinajstić information content (AvgIpc) is 3.32. The molecule has 228 valence electrons. The number of carbonyl (C=O) groups is 2. The Bertz CT molecular complexity index is 1570. The van der Waals surface area contributed by atoms with Crippen molar-refractivity contribution in [3.63, 3.8) is 0 Å². The van der Waals surface area contributed by atoms with Crippen LogP contribution in [0.1, 0.15) is 49.7 Å². The van der Waals surface area contributed by atoms with Crippen LogP contribution in [0.5, 0.6) is 0 Å². The zero-order valence-corrected chi connectivity index (χ0v) is 24.1. The molecule has 1 aromatic heterocycles. The molecule has 0 bridgehead atoms. The van der Waals surface area contributed by atoms with Crippen LogP contribution in [0.3, 0.4) is 0 Å². The number of alkyl carbamates (subject to hydrolysis) is 1. The second kappa shape index (κ2) is 12.9. The van der Waals surface area contributed by atoms with E-state index in [-0.39, 0.29) is 18.1 Å². The molecule has 5 N–H and O–H groups in total. The molecule has 0 saturated heterocycles. The number of nitrogens with two attached hydrogens (primary N) is 1. The van der Waals surface area contributed by atoms with Gasteiger partial charge in [-0.1, -0.05) is 36.4 Å². The predicted octanol–water partition coefficient (Wildman–Crippen LogP) is 7.02. The second-order valence-electron chi connectivity index (χ2n) is 11.2. The van der Waals surface area contributed by atoms with E-state index in [2.05, 4.69) is 15.6 Å². The van der Waals surface area contributed by atoms with Gasteiger partial charge in [0.15, 0.2) is 0 Å². The quantitative estimate of drug-likeness (QED) is 0.155. The van der Waals surface area contributed by atoms with Crippen LogP contribution in [0.4, 0.5) is 22.4 Å². The summed E-state index contributed by atoms with van der Waals surface area (Å²) < 4.78 is 58.6. The van der Waals surface area contributed by atoms with Gasteiger partial charge >= 0.3 is 12.3 Å². The maximum Gasteiger partial charge on any atom is 0.416 e. The van der Waals surface area contributed by atoms with Gasteiger partial charge in [-0.3, -0.25) is 4.79 Å². The number of hydrogen-bond donors (Lipinski definition) is 4. The maximum atomic E-state index is 13.6. The summed E-state index contributed by atoms with van der Waals surface area (Å²) >= 11 is 0. The van der Waals surface area contributed by atoms with E-state index >= 15 is 0 Å². The van der Waals surface area contributed by atoms with Crippen molar-refractivity contribution in [3.05, 3.63) is 83.8 Å². The average molecular weight is 599 g/mol. The van der Waals surface area contributed by atoms with Crippen LogP contribution < -0.4 is 16.4 Å². The molecule has 43 heavy (non-hydrogen) atoms. The fourth-order valence-corrected chi connectivity index (χ4v) is 4.68. The molecule has 0 saturated carbocycles. The molecule has 1 atom stereocenters. The number of alkyl halides is 3. The summed E-state index contributed by atoms with van der Waals surface area (Å²) in [7, 11) is 0. The van der Waals surface area contributed by atoms with Crippen molar-refractivity contribution in [1.82, 2.24) is 15.6 Å². The Morgan fingerprint density at radius 3 is 2.16 bits per heavy atom. The van der Waals surface area contributed by atoms with Crippen LogP contribution in [0.2, 0.25) is 0 Å². The zero-order chi connectivity index (χ0) is 31.4. The van der Waals surface area contributed by atoms with E-state index in [1.54, 1.807) is 51.1 Å². The predicted molar refractivity (Wildman–Crippen MR) is 158 cm³/mol. The number of ether oxygens (including phenoxy) is 1. The third kappa shape index (κ3) is 8.13. The van der Waals surface area contributed by atoms with Gasteiger partial charge in [0.25, 0.3) is 5.91 Å². The van der Waals surface area contributed by atoms with E-state index in [1.165, 1.54) is 24.3 Å². The number of carbonyl (C=O) groups excluding carboxylic acids is 2. The van der Waals surface area contributed by atoms with Crippen LogP contribution in [-0.4, -0.2) is 41.7 Å². The van der Waals surface area contributed by atoms with E-state index < -0.39 is 35.4 Å². The molecule has 7 nitrogen and oxygen atoms in total. The van der Waals surface area contributed by atoms with Gasteiger partial charge in [0, 0.05) is 29.1 Å². The first-order valence-corrected chi connectivity index (χ1v) is 13.8. The molecule has 0 radical (unpaired) electrons.